The van der Waals surface area contributed by atoms with Crippen LogP contribution in [0.3, 0.4) is 0 Å². The third-order valence-electron chi connectivity index (χ3n) is 5.96. The molecule has 6 nitrogen and oxygen atoms in total. The highest BCUT2D eigenvalue weighted by molar-refractivity contribution is 6.03. The topological polar surface area (TPSA) is 73.9 Å². The molecule has 0 saturated carbocycles. The maximum atomic E-state index is 13.2. The molecule has 0 spiro atoms. The molecule has 0 radical (unpaired) electrons. The van der Waals surface area contributed by atoms with E-state index < -0.39 is 5.92 Å². The van der Waals surface area contributed by atoms with Crippen LogP contribution < -0.4 is 14.8 Å². The highest BCUT2D eigenvalue weighted by atomic mass is 16.5. The standard InChI is InChI=1S/C26H35NO5/c1-5-7-8-15-32-26(29)23-17(3)27-19-10-9-11-20(28)25(19)24(23)18-12-13-21(31-14-6-2)22(16-18)30-4/h12-13,16,24,27H,5-11,14-15H2,1-4H3. The number of carbonyl (C=O) groups excluding carboxylic acids is 2. The summed E-state index contributed by atoms with van der Waals surface area (Å²) in [7, 11) is 1.60. The summed E-state index contributed by atoms with van der Waals surface area (Å²) in [6.45, 7) is 7.01. The summed E-state index contributed by atoms with van der Waals surface area (Å²) in [5.74, 6) is 0.477. The summed E-state index contributed by atoms with van der Waals surface area (Å²) < 4.78 is 17.0. The first kappa shape index (κ1) is 23.9. The van der Waals surface area contributed by atoms with Gasteiger partial charge >= 0.3 is 5.97 Å². The molecule has 174 valence electrons. The molecule has 0 fully saturated rings. The van der Waals surface area contributed by atoms with E-state index in [0.717, 1.165) is 55.5 Å². The molecule has 1 heterocycles. The first-order chi connectivity index (χ1) is 15.5. The van der Waals surface area contributed by atoms with Crippen molar-refractivity contribution in [2.45, 2.75) is 71.6 Å². The van der Waals surface area contributed by atoms with E-state index in [-0.39, 0.29) is 11.8 Å². The van der Waals surface area contributed by atoms with Crippen molar-refractivity contribution in [3.63, 3.8) is 0 Å². The fourth-order valence-electron chi connectivity index (χ4n) is 4.38. The average molecular weight is 442 g/mol. The lowest BCUT2D eigenvalue weighted by atomic mass is 9.75. The molecule has 1 aromatic rings. The van der Waals surface area contributed by atoms with Crippen molar-refractivity contribution in [1.82, 2.24) is 5.32 Å². The van der Waals surface area contributed by atoms with Crippen molar-refractivity contribution >= 4 is 11.8 Å². The van der Waals surface area contributed by atoms with E-state index in [9.17, 15) is 9.59 Å². The minimum atomic E-state index is -0.480. The van der Waals surface area contributed by atoms with Gasteiger partial charge in [-0.25, -0.2) is 4.79 Å². The van der Waals surface area contributed by atoms with E-state index in [4.69, 9.17) is 14.2 Å². The Bertz CT molecular complexity index is 915. The molecule has 0 bridgehead atoms. The molecule has 1 unspecified atom stereocenters. The van der Waals surface area contributed by atoms with Crippen LogP contribution in [0.5, 0.6) is 11.5 Å². The van der Waals surface area contributed by atoms with Crippen molar-refractivity contribution in [1.29, 1.82) is 0 Å². The van der Waals surface area contributed by atoms with Crippen molar-refractivity contribution in [3.8, 4) is 11.5 Å². The van der Waals surface area contributed by atoms with Gasteiger partial charge in [0.2, 0.25) is 0 Å². The molecule has 1 N–H and O–H groups in total. The Morgan fingerprint density at radius 2 is 1.91 bits per heavy atom. The molecule has 2 aliphatic rings. The summed E-state index contributed by atoms with van der Waals surface area (Å²) in [4.78, 5) is 26.2. The van der Waals surface area contributed by atoms with Gasteiger partial charge in [-0.05, 0) is 50.3 Å². The molecule has 0 aromatic heterocycles. The summed E-state index contributed by atoms with van der Waals surface area (Å²) in [6.07, 6.45) is 5.88. The highest BCUT2D eigenvalue weighted by Crippen LogP contribution is 2.44. The Morgan fingerprint density at radius 1 is 1.09 bits per heavy atom. The number of ether oxygens (including phenoxy) is 3. The van der Waals surface area contributed by atoms with Crippen molar-refractivity contribution in [2.24, 2.45) is 0 Å². The van der Waals surface area contributed by atoms with E-state index in [0.29, 0.717) is 42.3 Å². The molecule has 1 aromatic carbocycles. The van der Waals surface area contributed by atoms with Gasteiger partial charge in [-0.15, -0.1) is 0 Å². The number of hydrogen-bond acceptors (Lipinski definition) is 6. The molecule has 0 amide bonds. The third-order valence-corrected chi connectivity index (χ3v) is 5.96. The van der Waals surface area contributed by atoms with Crippen molar-refractivity contribution in [3.05, 3.63) is 46.3 Å². The zero-order chi connectivity index (χ0) is 23.1. The Hall–Kier alpha value is -2.76. The number of allylic oxidation sites excluding steroid dienone is 3. The molecule has 1 atom stereocenters. The highest BCUT2D eigenvalue weighted by Gasteiger charge is 2.39. The molecule has 0 saturated heterocycles. The second kappa shape index (κ2) is 11.2. The lowest BCUT2D eigenvalue weighted by molar-refractivity contribution is -0.139. The minimum Gasteiger partial charge on any atom is -0.493 e. The van der Waals surface area contributed by atoms with Crippen LogP contribution in [0.25, 0.3) is 0 Å². The molecule has 1 aliphatic heterocycles. The monoisotopic (exact) mass is 441 g/mol. The number of carbonyl (C=O) groups is 2. The van der Waals surface area contributed by atoms with Crippen LogP contribution in [0, 0.1) is 0 Å². The van der Waals surface area contributed by atoms with Gasteiger partial charge in [0.05, 0.1) is 25.9 Å². The second-order valence-electron chi connectivity index (χ2n) is 8.37. The second-order valence-corrected chi connectivity index (χ2v) is 8.37. The molecule has 32 heavy (non-hydrogen) atoms. The van der Waals surface area contributed by atoms with Gasteiger partial charge in [0.25, 0.3) is 0 Å². The Labute approximate surface area is 191 Å². The first-order valence-electron chi connectivity index (χ1n) is 11.7. The number of ketones is 1. The van der Waals surface area contributed by atoms with Crippen LogP contribution in [0.1, 0.15) is 77.2 Å². The average Bonchev–Trinajstić information content (AvgIpc) is 2.79. The van der Waals surface area contributed by atoms with E-state index >= 15 is 0 Å². The van der Waals surface area contributed by atoms with E-state index in [1.807, 2.05) is 32.0 Å². The smallest absolute Gasteiger partial charge is 0.336 e. The van der Waals surface area contributed by atoms with Crippen LogP contribution in [-0.4, -0.2) is 32.1 Å². The first-order valence-corrected chi connectivity index (χ1v) is 11.7. The number of hydrogen-bond donors (Lipinski definition) is 1. The lowest BCUT2D eigenvalue weighted by Gasteiger charge is -2.34. The number of nitrogens with one attached hydrogen (secondary N) is 1. The SMILES string of the molecule is CCCCCOC(=O)C1=C(C)NC2=C(C(=O)CCC2)C1c1ccc(OCCC)c(OC)c1. The zero-order valence-corrected chi connectivity index (χ0v) is 19.7. The van der Waals surface area contributed by atoms with Gasteiger partial charge < -0.3 is 19.5 Å². The van der Waals surface area contributed by atoms with E-state index in [1.165, 1.54) is 0 Å². The normalized spacial score (nSPS) is 18.2. The maximum absolute atomic E-state index is 13.2. The van der Waals surface area contributed by atoms with Crippen LogP contribution in [0.15, 0.2) is 40.7 Å². The summed E-state index contributed by atoms with van der Waals surface area (Å²) in [6, 6.07) is 5.66. The van der Waals surface area contributed by atoms with Crippen molar-refractivity contribution < 1.29 is 23.8 Å². The number of benzene rings is 1. The quantitative estimate of drug-likeness (QED) is 0.398. The van der Waals surface area contributed by atoms with Gasteiger partial charge in [-0.2, -0.15) is 0 Å². The number of rotatable bonds is 10. The fourth-order valence-corrected chi connectivity index (χ4v) is 4.38. The number of dihydropyridines is 1. The molecule has 3 rings (SSSR count). The van der Waals surface area contributed by atoms with E-state index in [2.05, 4.69) is 12.2 Å². The Kier molecular flexibility index (Phi) is 8.37. The van der Waals surface area contributed by atoms with Gasteiger partial charge in [-0.3, -0.25) is 4.79 Å². The summed E-state index contributed by atoms with van der Waals surface area (Å²) >= 11 is 0. The predicted octanol–water partition coefficient (Wildman–Crippen LogP) is 5.19. The van der Waals surface area contributed by atoms with Crippen LogP contribution in [0.4, 0.5) is 0 Å². The van der Waals surface area contributed by atoms with E-state index in [1.54, 1.807) is 7.11 Å². The molecular formula is C26H35NO5. The van der Waals surface area contributed by atoms with Crippen LogP contribution in [0.2, 0.25) is 0 Å². The fraction of sp³-hybridized carbons (Fsp3) is 0.538. The molecule has 1 aliphatic carbocycles. The Balaban J connectivity index is 2.01. The number of esters is 1. The summed E-state index contributed by atoms with van der Waals surface area (Å²) in [5, 5.41) is 3.33. The largest absolute Gasteiger partial charge is 0.493 e. The van der Waals surface area contributed by atoms with Crippen LogP contribution >= 0.6 is 0 Å². The van der Waals surface area contributed by atoms with Gasteiger partial charge in [0.15, 0.2) is 17.3 Å². The van der Waals surface area contributed by atoms with Gasteiger partial charge in [-0.1, -0.05) is 32.8 Å². The van der Waals surface area contributed by atoms with Crippen LogP contribution in [-0.2, 0) is 14.3 Å². The lowest BCUT2D eigenvalue weighted by Crippen LogP contribution is -2.34. The number of unbranched alkanes of at least 4 members (excludes halogenated alkanes) is 2. The van der Waals surface area contributed by atoms with Gasteiger partial charge in [0, 0.05) is 29.3 Å². The number of Topliss-reactive ketones (excluding diaryl/α,β-unsaturated/α-hetero) is 1. The maximum Gasteiger partial charge on any atom is 0.336 e. The molecular weight excluding hydrogens is 406 g/mol. The Morgan fingerprint density at radius 3 is 2.62 bits per heavy atom. The minimum absolute atomic E-state index is 0.0813. The predicted molar refractivity (Wildman–Crippen MR) is 124 cm³/mol. The summed E-state index contributed by atoms with van der Waals surface area (Å²) in [5.41, 5.74) is 3.66. The van der Waals surface area contributed by atoms with Gasteiger partial charge in [0.1, 0.15) is 0 Å². The number of methoxy groups -OCH3 is 1. The third kappa shape index (κ3) is 5.17. The zero-order valence-electron chi connectivity index (χ0n) is 19.7. The van der Waals surface area contributed by atoms with Crippen molar-refractivity contribution in [2.75, 3.05) is 20.3 Å². The molecule has 6 heteroatoms.